The lowest BCUT2D eigenvalue weighted by molar-refractivity contribution is 0.670. The lowest BCUT2D eigenvalue weighted by Crippen LogP contribution is -2.55. The molecule has 234 valence electrons. The van der Waals surface area contributed by atoms with Crippen LogP contribution in [0.3, 0.4) is 0 Å². The number of benzene rings is 5. The maximum absolute atomic E-state index is 7.04. The molecule has 0 amide bonds. The maximum Gasteiger partial charge on any atom is 0.167 e. The molecule has 0 unspecified atom stereocenters. The highest BCUT2D eigenvalue weighted by atomic mass is 16.3. The van der Waals surface area contributed by atoms with Gasteiger partial charge in [-0.1, -0.05) is 63.1 Å². The van der Waals surface area contributed by atoms with Gasteiger partial charge in [0.25, 0.3) is 0 Å². The average Bonchev–Trinajstić information content (AvgIpc) is 3.53. The van der Waals surface area contributed by atoms with Gasteiger partial charge in [-0.3, -0.25) is 0 Å². The molecule has 0 atom stereocenters. The van der Waals surface area contributed by atoms with E-state index in [9.17, 15) is 0 Å². The molecule has 0 spiro atoms. The zero-order chi connectivity index (χ0) is 37.7. The first kappa shape index (κ1) is 36.3. The van der Waals surface area contributed by atoms with Crippen LogP contribution in [0.25, 0.3) is 67.2 Å². The van der Waals surface area contributed by atoms with E-state index < -0.39 is 0 Å². The van der Waals surface area contributed by atoms with Gasteiger partial charge in [0.15, 0.2) is 17.5 Å². The first-order chi connectivity index (χ1) is 24.6. The van der Waals surface area contributed by atoms with Crippen LogP contribution in [0, 0.1) is 0 Å². The van der Waals surface area contributed by atoms with Crippen molar-refractivity contribution in [2.75, 3.05) is 0 Å². The van der Waals surface area contributed by atoms with Crippen molar-refractivity contribution in [3.05, 3.63) is 36.4 Å². The van der Waals surface area contributed by atoms with E-state index in [-0.39, 0.29) is 0 Å². The third-order valence-electron chi connectivity index (χ3n) is 13.1. The summed E-state index contributed by atoms with van der Waals surface area (Å²) < 4.78 is 7.04. The SMILES string of the molecule is Bc1c(B)c(B)c(-c2nc(-c3c(B)c(B)c(B)c(B)c3B)nc(-c3cccc4c3oc3c(-c5c(B)c(B)c(B)c(B)c5B)cccc34)n2)c(B)c1B. The van der Waals surface area contributed by atoms with E-state index in [0.29, 0.717) is 17.5 Å². The zero-order valence-corrected chi connectivity index (χ0v) is 33.7. The fourth-order valence-electron chi connectivity index (χ4n) is 8.49. The Morgan fingerprint density at radius 2 is 0.596 bits per heavy atom. The summed E-state index contributed by atoms with van der Waals surface area (Å²) in [7, 11) is 33.2. The highest BCUT2D eigenvalue weighted by Crippen LogP contribution is 2.38. The molecule has 0 saturated heterocycles. The van der Waals surface area contributed by atoms with Crippen molar-refractivity contribution < 1.29 is 4.42 Å². The minimum absolute atomic E-state index is 0.616. The molecule has 0 fully saturated rings. The lowest BCUT2D eigenvalue weighted by atomic mass is 9.59. The summed E-state index contributed by atoms with van der Waals surface area (Å²) >= 11 is 0. The van der Waals surface area contributed by atoms with Gasteiger partial charge in [0, 0.05) is 27.5 Å². The fraction of sp³-hybridized carbons (Fsp3) is 0. The summed E-state index contributed by atoms with van der Waals surface area (Å²) in [6.07, 6.45) is 0. The summed E-state index contributed by atoms with van der Waals surface area (Å²) in [5.74, 6) is 2.01. The van der Waals surface area contributed by atoms with Crippen LogP contribution in [0.15, 0.2) is 40.8 Å². The number of nitrogens with zero attached hydrogens (tertiary/aromatic N) is 3. The van der Waals surface area contributed by atoms with Crippen molar-refractivity contribution in [1.82, 2.24) is 15.0 Å². The predicted molar refractivity (Wildman–Crippen MR) is 272 cm³/mol. The standard InChI is InChI=1S/C33H36B15N3O/c34-14-11(15(35)21(41)26(46)20(14)40)9-5-1-3-7-8-4-2-6-10(30(8)52-29(7)9)31-49-32(12-16(36)22(42)27(47)23(43)17(12)37)51-33(50-31)13-18(38)24(44)28(48)25(45)19(13)39/h1-6H,34-48H2. The number of hydrogen-bond acceptors (Lipinski definition) is 4. The quantitative estimate of drug-likeness (QED) is 0.178. The van der Waals surface area contributed by atoms with Gasteiger partial charge in [0.2, 0.25) is 0 Å². The van der Waals surface area contributed by atoms with Crippen LogP contribution in [0.2, 0.25) is 0 Å². The molecule has 19 heteroatoms. The molecule has 7 aromatic rings. The van der Waals surface area contributed by atoms with E-state index in [2.05, 4.69) is 154 Å². The molecule has 0 bridgehead atoms. The number of furan rings is 1. The summed E-state index contributed by atoms with van der Waals surface area (Å²) in [5.41, 5.74) is 26.2. The van der Waals surface area contributed by atoms with E-state index in [4.69, 9.17) is 19.4 Å². The van der Waals surface area contributed by atoms with Gasteiger partial charge in [0.1, 0.15) is 129 Å². The van der Waals surface area contributed by atoms with Gasteiger partial charge in [-0.05, 0) is 11.6 Å². The summed E-state index contributed by atoms with van der Waals surface area (Å²) in [6.45, 7) is 0. The highest BCUT2D eigenvalue weighted by molar-refractivity contribution is 6.71. The average molecular weight is 653 g/mol. The summed E-state index contributed by atoms with van der Waals surface area (Å²) in [5, 5.41) is 2.14. The topological polar surface area (TPSA) is 51.8 Å². The maximum atomic E-state index is 7.04. The second-order valence-electron chi connectivity index (χ2n) is 15.3. The van der Waals surface area contributed by atoms with Crippen molar-refractivity contribution in [1.29, 1.82) is 0 Å². The zero-order valence-electron chi connectivity index (χ0n) is 33.7. The Labute approximate surface area is 321 Å². The van der Waals surface area contributed by atoms with Crippen LogP contribution in [-0.2, 0) is 0 Å². The van der Waals surface area contributed by atoms with Crippen LogP contribution in [0.1, 0.15) is 0 Å². The highest BCUT2D eigenvalue weighted by Gasteiger charge is 2.24. The van der Waals surface area contributed by atoms with Gasteiger partial charge >= 0.3 is 0 Å². The third-order valence-corrected chi connectivity index (χ3v) is 13.1. The molecule has 2 heterocycles. The monoisotopic (exact) mass is 655 g/mol. The molecule has 0 radical (unpaired) electrons. The fourth-order valence-corrected chi connectivity index (χ4v) is 8.49. The van der Waals surface area contributed by atoms with Gasteiger partial charge in [-0.25, -0.2) is 15.0 Å². The number of hydrogen-bond donors (Lipinski definition) is 0. The van der Waals surface area contributed by atoms with Gasteiger partial charge < -0.3 is 4.42 Å². The van der Waals surface area contributed by atoms with Crippen molar-refractivity contribution in [2.45, 2.75) is 0 Å². The summed E-state index contributed by atoms with van der Waals surface area (Å²) in [4.78, 5) is 16.0. The second kappa shape index (κ2) is 13.1. The molecule has 7 rings (SSSR count). The predicted octanol–water partition coefficient (Wildman–Crippen LogP) is -17.7. The number of fused-ring (bicyclic) bond motifs is 3. The molecule has 0 saturated carbocycles. The van der Waals surface area contributed by atoms with Gasteiger partial charge in [-0.2, -0.15) is 0 Å². The van der Waals surface area contributed by atoms with Crippen LogP contribution in [-0.4, -0.2) is 133 Å². The Hall–Kier alpha value is -4.12. The Kier molecular flexibility index (Phi) is 9.12. The third kappa shape index (κ3) is 5.31. The van der Waals surface area contributed by atoms with Crippen molar-refractivity contribution in [3.63, 3.8) is 0 Å². The minimum atomic E-state index is 0.616. The molecule has 52 heavy (non-hydrogen) atoms. The van der Waals surface area contributed by atoms with Gasteiger partial charge in [0.05, 0.1) is 5.56 Å². The van der Waals surface area contributed by atoms with Crippen molar-refractivity contribution in [2.24, 2.45) is 0 Å². The Bertz CT molecular complexity index is 2540. The van der Waals surface area contributed by atoms with Gasteiger partial charge in [-0.15, -0.1) is 49.2 Å². The Balaban J connectivity index is 1.58. The first-order valence-electron chi connectivity index (χ1n) is 18.5. The molecule has 0 aliphatic carbocycles. The number of aromatic nitrogens is 3. The Morgan fingerprint density at radius 1 is 0.308 bits per heavy atom. The smallest absolute Gasteiger partial charge is 0.167 e. The first-order valence-corrected chi connectivity index (χ1v) is 18.5. The van der Waals surface area contributed by atoms with Crippen LogP contribution in [0.4, 0.5) is 0 Å². The van der Waals surface area contributed by atoms with Crippen LogP contribution in [0.5, 0.6) is 0 Å². The lowest BCUT2D eigenvalue weighted by Gasteiger charge is -2.22. The molecule has 5 aromatic carbocycles. The van der Waals surface area contributed by atoms with E-state index in [0.717, 1.165) is 44.2 Å². The van der Waals surface area contributed by atoms with Crippen molar-refractivity contribution >= 4 is 222 Å². The van der Waals surface area contributed by atoms with Crippen LogP contribution < -0.4 is 81.9 Å². The molecule has 0 aliphatic rings. The number of rotatable bonds is 4. The normalized spacial score (nSPS) is 11.5. The molecule has 2 aromatic heterocycles. The minimum Gasteiger partial charge on any atom is -0.455 e. The molecule has 0 aliphatic heterocycles. The van der Waals surface area contributed by atoms with E-state index in [1.165, 1.54) is 87.5 Å². The van der Waals surface area contributed by atoms with Crippen molar-refractivity contribution in [3.8, 4) is 45.3 Å². The Morgan fingerprint density at radius 3 is 0.981 bits per heavy atom. The largest absolute Gasteiger partial charge is 0.455 e. The molecular formula is C33H36B15N3O. The molecule has 4 nitrogen and oxygen atoms in total. The van der Waals surface area contributed by atoms with Crippen LogP contribution >= 0.6 is 0 Å². The van der Waals surface area contributed by atoms with E-state index in [1.807, 2.05) is 0 Å². The summed E-state index contributed by atoms with van der Waals surface area (Å²) in [6, 6.07) is 12.9. The molecular weight excluding hydrogens is 617 g/mol. The van der Waals surface area contributed by atoms with E-state index >= 15 is 0 Å². The molecule has 0 N–H and O–H groups in total. The van der Waals surface area contributed by atoms with E-state index in [1.54, 1.807) is 0 Å². The second-order valence-corrected chi connectivity index (χ2v) is 15.3. The number of para-hydroxylation sites is 2.